The number of aliphatic hydroxyl groups excluding tert-OH is 20. The van der Waals surface area contributed by atoms with Crippen molar-refractivity contribution in [2.45, 2.75) is 258 Å². The smallest absolute Gasteiger partial charge is 0.115 e. The van der Waals surface area contributed by atoms with Crippen LogP contribution in [0.3, 0.4) is 0 Å². The quantitative estimate of drug-likeness (QED) is 0.0195. The monoisotopic (exact) mass is 1160 g/mol. The number of hydrogen-bond donors (Lipinski definition) is 20. The maximum atomic E-state index is 11.1. The molecule has 24 atom stereocenters. The highest BCUT2D eigenvalue weighted by molar-refractivity contribution is 5.12. The first-order valence-corrected chi connectivity index (χ1v) is 28.7. The molecule has 2 aliphatic heterocycles. The summed E-state index contributed by atoms with van der Waals surface area (Å²) in [5.74, 6) is -0.603. The van der Waals surface area contributed by atoms with E-state index in [0.717, 1.165) is 0 Å². The Morgan fingerprint density at radius 3 is 1.69 bits per heavy atom. The molecule has 2 fully saturated rings. The van der Waals surface area contributed by atoms with Crippen LogP contribution < -0.4 is 0 Å². The molecule has 81 heavy (non-hydrogen) atoms. The third-order valence-electron chi connectivity index (χ3n) is 15.2. The Labute approximate surface area is 477 Å². The zero-order valence-electron chi connectivity index (χ0n) is 47.4. The second-order valence-corrected chi connectivity index (χ2v) is 22.5. The van der Waals surface area contributed by atoms with Crippen molar-refractivity contribution in [1.29, 1.82) is 0 Å². The van der Waals surface area contributed by atoms with Crippen LogP contribution in [-0.2, 0) is 9.47 Å². The standard InChI is InChI=1S/C59H102O22/c1-34(18-14-13-16-20-40(64)33-61)26-43(67)44(68)28-37(4)51(73)46(70)29-38(62)24-22-35(2)27-45(69)54(76)59-55(77)47(71)30-49(80-59)41(65)25-23-36(3)52(74)57(79)50-31-48(72)56(78)58(81-50)53(75)42(66)21-17-12-10-8-6-5-7-9-11-15-19-39(63)32-60/h5-9,11,13,16-17,21,27,34,37-79H,3,10,12,14-15,18-20,22-26,28-33H2,1-2,4H3/b7-5+,8-6+,11-9+,16-13+,21-17+,35-27+/t34?,37-,38-,39?,40?,41+,42+,43?,44-,45+,46-,47+,48+,49+,50+,51+,52+,53-,54-,55+,56+,57-,58-,59-/m0/s1. The molecule has 0 radical (unpaired) electrons. The van der Waals surface area contributed by atoms with Crippen molar-refractivity contribution < 1.29 is 112 Å². The van der Waals surface area contributed by atoms with Crippen molar-refractivity contribution in [2.75, 3.05) is 13.2 Å². The summed E-state index contributed by atoms with van der Waals surface area (Å²) in [6.07, 6.45) is -9.38. The number of rotatable bonds is 40. The molecular weight excluding hydrogens is 1060 g/mol. The molecule has 22 heteroatoms. The molecule has 2 aliphatic rings. The van der Waals surface area contributed by atoms with Gasteiger partial charge in [0, 0.05) is 19.3 Å². The van der Waals surface area contributed by atoms with Crippen LogP contribution in [0.5, 0.6) is 0 Å². The van der Waals surface area contributed by atoms with Crippen LogP contribution in [0.15, 0.2) is 84.6 Å². The van der Waals surface area contributed by atoms with E-state index in [1.807, 2.05) is 49.5 Å². The molecule has 2 heterocycles. The van der Waals surface area contributed by atoms with Gasteiger partial charge in [-0.3, -0.25) is 0 Å². The van der Waals surface area contributed by atoms with Crippen LogP contribution in [0.25, 0.3) is 0 Å². The molecule has 20 N–H and O–H groups in total. The van der Waals surface area contributed by atoms with E-state index in [2.05, 4.69) is 6.58 Å². The van der Waals surface area contributed by atoms with Crippen LogP contribution in [0.1, 0.15) is 124 Å². The molecule has 0 aromatic rings. The lowest BCUT2D eigenvalue weighted by Crippen LogP contribution is -2.59. The molecule has 0 bridgehead atoms. The maximum Gasteiger partial charge on any atom is 0.115 e. The third-order valence-corrected chi connectivity index (χ3v) is 15.2. The molecule has 22 nitrogen and oxygen atoms in total. The lowest BCUT2D eigenvalue weighted by Gasteiger charge is -2.42. The lowest BCUT2D eigenvalue weighted by molar-refractivity contribution is -0.234. The molecule has 0 amide bonds. The van der Waals surface area contributed by atoms with E-state index in [-0.39, 0.29) is 76.1 Å². The summed E-state index contributed by atoms with van der Waals surface area (Å²) in [6.45, 7) is 8.34. The average Bonchev–Trinajstić information content (AvgIpc) is 3.43. The first-order chi connectivity index (χ1) is 38.2. The molecule has 0 aromatic carbocycles. The second kappa shape index (κ2) is 39.8. The molecule has 470 valence electrons. The van der Waals surface area contributed by atoms with Gasteiger partial charge in [0.05, 0.1) is 86.5 Å². The molecule has 0 saturated carbocycles. The number of unbranched alkanes of at least 4 members (excludes halogenated alkanes) is 1. The normalized spacial score (nSPS) is 28.6. The summed E-state index contributed by atoms with van der Waals surface area (Å²) in [7, 11) is 0. The average molecular weight is 1160 g/mol. The van der Waals surface area contributed by atoms with E-state index in [9.17, 15) is 91.9 Å². The minimum absolute atomic E-state index is 0.000254. The molecule has 0 aromatic heterocycles. The van der Waals surface area contributed by atoms with Crippen molar-refractivity contribution in [3.8, 4) is 0 Å². The first-order valence-electron chi connectivity index (χ1n) is 28.7. The van der Waals surface area contributed by atoms with E-state index >= 15 is 0 Å². The highest BCUT2D eigenvalue weighted by Gasteiger charge is 2.47. The van der Waals surface area contributed by atoms with Crippen LogP contribution >= 0.6 is 0 Å². The summed E-state index contributed by atoms with van der Waals surface area (Å²) in [4.78, 5) is 0. The lowest BCUT2D eigenvalue weighted by atomic mass is 9.86. The second-order valence-electron chi connectivity index (χ2n) is 22.5. The highest BCUT2D eigenvalue weighted by atomic mass is 16.6. The van der Waals surface area contributed by atoms with Crippen molar-refractivity contribution in [1.82, 2.24) is 0 Å². The van der Waals surface area contributed by atoms with Gasteiger partial charge in [-0.1, -0.05) is 92.8 Å². The number of ether oxygens (including phenoxy) is 2. The van der Waals surface area contributed by atoms with Crippen LogP contribution in [-0.4, -0.2) is 250 Å². The maximum absolute atomic E-state index is 11.1. The molecule has 0 spiro atoms. The van der Waals surface area contributed by atoms with Crippen molar-refractivity contribution in [3.63, 3.8) is 0 Å². The predicted molar refractivity (Wildman–Crippen MR) is 300 cm³/mol. The summed E-state index contributed by atoms with van der Waals surface area (Å²) in [5, 5.41) is 210. The Kier molecular flexibility index (Phi) is 36.6. The summed E-state index contributed by atoms with van der Waals surface area (Å²) < 4.78 is 11.6. The third kappa shape index (κ3) is 27.5. The van der Waals surface area contributed by atoms with Gasteiger partial charge in [0.2, 0.25) is 0 Å². The van der Waals surface area contributed by atoms with Gasteiger partial charge >= 0.3 is 0 Å². The van der Waals surface area contributed by atoms with E-state index in [1.165, 1.54) is 12.2 Å². The predicted octanol–water partition coefficient (Wildman–Crippen LogP) is -1.20. The fourth-order valence-corrected chi connectivity index (χ4v) is 9.78. The molecule has 2 saturated heterocycles. The van der Waals surface area contributed by atoms with Gasteiger partial charge in [0.15, 0.2) is 0 Å². The fourth-order valence-electron chi connectivity index (χ4n) is 9.78. The molecular formula is C59H102O22. The number of aliphatic hydroxyl groups is 20. The zero-order valence-corrected chi connectivity index (χ0v) is 47.4. The van der Waals surface area contributed by atoms with Gasteiger partial charge in [-0.15, -0.1) is 0 Å². The SMILES string of the molecule is C=C(CC[C@@H](O)[C@H]1C[C@@H](O)[C@@H](O)[C@H]([C@@H](O)[C@H](O)/C=C(\C)CC[C@H](O)C[C@H](O)[C@H](O)[C@@H](C)C[C@H](O)C(O)CC(C)CC/C=C/CC(O)CO)O1)[C@@H](O)[C@@H](O)[C@H]1C[C@@H](O)[C@@H](O)[C@H]([C@@H](O)[C@H](O)/C=C/CC/C=C/C=C/C=C/CCC(O)CO)O1. The van der Waals surface area contributed by atoms with Gasteiger partial charge in [-0.05, 0) is 108 Å². The fraction of sp³-hybridized carbons (Fsp3) is 0.763. The van der Waals surface area contributed by atoms with E-state index < -0.39 is 140 Å². The zero-order chi connectivity index (χ0) is 60.9. The Balaban J connectivity index is 1.86. The van der Waals surface area contributed by atoms with Crippen LogP contribution in [0.4, 0.5) is 0 Å². The molecule has 4 unspecified atom stereocenters. The summed E-state index contributed by atoms with van der Waals surface area (Å²) in [6, 6.07) is 0. The van der Waals surface area contributed by atoms with Gasteiger partial charge in [-0.25, -0.2) is 0 Å². The van der Waals surface area contributed by atoms with E-state index in [0.29, 0.717) is 56.9 Å². The van der Waals surface area contributed by atoms with Crippen molar-refractivity contribution in [2.24, 2.45) is 11.8 Å². The topological polar surface area (TPSA) is 423 Å². The Hall–Kier alpha value is -2.70. The minimum atomic E-state index is -1.82. The molecule has 0 aliphatic carbocycles. The van der Waals surface area contributed by atoms with Gasteiger partial charge < -0.3 is 112 Å². The van der Waals surface area contributed by atoms with Gasteiger partial charge in [0.25, 0.3) is 0 Å². The summed E-state index contributed by atoms with van der Waals surface area (Å²) in [5.41, 5.74) is 0.483. The van der Waals surface area contributed by atoms with Crippen LogP contribution in [0, 0.1) is 11.8 Å². The van der Waals surface area contributed by atoms with Gasteiger partial charge in [-0.2, -0.15) is 0 Å². The van der Waals surface area contributed by atoms with Crippen molar-refractivity contribution in [3.05, 3.63) is 84.6 Å². The number of allylic oxidation sites excluding steroid dienone is 9. The Morgan fingerprint density at radius 2 is 1.07 bits per heavy atom. The van der Waals surface area contributed by atoms with E-state index in [1.54, 1.807) is 26.0 Å². The first kappa shape index (κ1) is 74.4. The van der Waals surface area contributed by atoms with Crippen LogP contribution in [0.2, 0.25) is 0 Å². The highest BCUT2D eigenvalue weighted by Crippen LogP contribution is 2.32. The van der Waals surface area contributed by atoms with Gasteiger partial charge in [0.1, 0.15) is 61.0 Å². The Bertz CT molecular complexity index is 1880. The largest absolute Gasteiger partial charge is 0.394 e. The summed E-state index contributed by atoms with van der Waals surface area (Å²) >= 11 is 0. The van der Waals surface area contributed by atoms with Crippen molar-refractivity contribution >= 4 is 0 Å². The number of hydrogen-bond acceptors (Lipinski definition) is 22. The minimum Gasteiger partial charge on any atom is -0.394 e. The Morgan fingerprint density at radius 1 is 0.531 bits per heavy atom. The molecule has 2 rings (SSSR count). The van der Waals surface area contributed by atoms with E-state index in [4.69, 9.17) is 19.7 Å².